The van der Waals surface area contributed by atoms with E-state index in [0.717, 1.165) is 109 Å². The Morgan fingerprint density at radius 1 is 0.395 bits per heavy atom. The van der Waals surface area contributed by atoms with Gasteiger partial charge in [-0.25, -0.2) is 0 Å². The Labute approximate surface area is 498 Å². The van der Waals surface area contributed by atoms with E-state index >= 15 is 0 Å². The van der Waals surface area contributed by atoms with Crippen LogP contribution in [0.1, 0.15) is 264 Å². The number of phosphoric ester groups is 1. The van der Waals surface area contributed by atoms with Gasteiger partial charge in [0.25, 0.3) is 7.82 Å². The number of quaternary nitrogens is 1. The standard InChI is InChI=1S/C71H122NO8P/c1-6-8-10-12-14-16-18-20-22-24-26-28-30-31-32-33-34-35-36-37-38-39-40-41-42-44-46-48-50-52-54-56-58-60-62-64-71(74)80-69(68-79-81(75,76)78-66-65-72(3,4)5)67-77-70(73)63-61-59-57-55-53-51-49-47-45-43-29-27-25-23-21-19-17-15-13-11-9-7-2/h8,10,14,16,20,22,26,28,31-32,34-35,37-38,40-41,44,46,50,52,69H,6-7,9,11-13,15,17-19,21,23-25,27,29-30,33,36,39,42-43,45,47-49,51,53-68H2,1-5H3/b10-8-,16-14-,22-20-,28-26-,32-31-,35-34-,38-37-,41-40-,46-44-,52-50-. The van der Waals surface area contributed by atoms with Crippen molar-refractivity contribution < 1.29 is 42.1 Å². The Morgan fingerprint density at radius 3 is 1.05 bits per heavy atom. The summed E-state index contributed by atoms with van der Waals surface area (Å²) in [5.74, 6) is -0.861. The number of phosphoric acid groups is 1. The number of esters is 2. The molecule has 0 saturated heterocycles. The molecule has 0 fully saturated rings. The second kappa shape index (κ2) is 61.0. The topological polar surface area (TPSA) is 111 Å². The summed E-state index contributed by atoms with van der Waals surface area (Å²) in [6.07, 6.45) is 86.9. The molecular formula is C71H122NO8P. The Morgan fingerprint density at radius 2 is 0.704 bits per heavy atom. The van der Waals surface area contributed by atoms with Crippen LogP contribution in [0.3, 0.4) is 0 Å². The minimum absolute atomic E-state index is 0.0410. The Kier molecular flexibility index (Phi) is 58.3. The average molecular weight is 1150 g/mol. The van der Waals surface area contributed by atoms with Crippen LogP contribution in [0.2, 0.25) is 0 Å². The molecule has 0 aromatic rings. The van der Waals surface area contributed by atoms with Crippen molar-refractivity contribution in [2.45, 2.75) is 270 Å². The van der Waals surface area contributed by atoms with Gasteiger partial charge in [0.1, 0.15) is 19.8 Å². The molecule has 0 spiro atoms. The Hall–Kier alpha value is -3.59. The van der Waals surface area contributed by atoms with Gasteiger partial charge in [-0.3, -0.25) is 14.2 Å². The van der Waals surface area contributed by atoms with Crippen LogP contribution in [0, 0.1) is 0 Å². The average Bonchev–Trinajstić information content (AvgIpc) is 3.43. The fourth-order valence-corrected chi connectivity index (χ4v) is 9.47. The van der Waals surface area contributed by atoms with Crippen LogP contribution in [0.5, 0.6) is 0 Å². The van der Waals surface area contributed by atoms with Crippen LogP contribution in [0.15, 0.2) is 122 Å². The number of unbranched alkanes of at least 4 members (excludes halogenated alkanes) is 25. The zero-order valence-corrected chi connectivity index (χ0v) is 53.6. The van der Waals surface area contributed by atoms with Gasteiger partial charge in [-0.2, -0.15) is 0 Å². The molecule has 0 rings (SSSR count). The number of ether oxygens (including phenoxy) is 2. The summed E-state index contributed by atoms with van der Waals surface area (Å²) in [5, 5.41) is 0. The lowest BCUT2D eigenvalue weighted by molar-refractivity contribution is -0.870. The van der Waals surface area contributed by atoms with Crippen LogP contribution in [0.4, 0.5) is 0 Å². The first-order chi connectivity index (χ1) is 39.5. The third-order valence-electron chi connectivity index (χ3n) is 13.7. The summed E-state index contributed by atoms with van der Waals surface area (Å²) in [4.78, 5) is 38.0. The van der Waals surface area contributed by atoms with Crippen molar-refractivity contribution in [1.29, 1.82) is 0 Å². The molecule has 9 nitrogen and oxygen atoms in total. The minimum Gasteiger partial charge on any atom is -0.756 e. The molecule has 0 heterocycles. The molecule has 2 atom stereocenters. The molecule has 0 bridgehead atoms. The monoisotopic (exact) mass is 1150 g/mol. The van der Waals surface area contributed by atoms with Crippen molar-refractivity contribution in [2.75, 3.05) is 47.5 Å². The number of hydrogen-bond donors (Lipinski definition) is 0. The molecular weight excluding hydrogens is 1030 g/mol. The fourth-order valence-electron chi connectivity index (χ4n) is 8.74. The van der Waals surface area contributed by atoms with E-state index in [0.29, 0.717) is 17.4 Å². The highest BCUT2D eigenvalue weighted by Crippen LogP contribution is 2.38. The highest BCUT2D eigenvalue weighted by atomic mass is 31.2. The van der Waals surface area contributed by atoms with Gasteiger partial charge in [-0.15, -0.1) is 0 Å². The molecule has 0 aliphatic heterocycles. The van der Waals surface area contributed by atoms with Gasteiger partial charge in [-0.1, -0.05) is 283 Å². The van der Waals surface area contributed by atoms with E-state index in [4.69, 9.17) is 18.5 Å². The van der Waals surface area contributed by atoms with E-state index in [1.54, 1.807) is 0 Å². The number of allylic oxidation sites excluding steroid dienone is 20. The maximum absolute atomic E-state index is 12.8. The molecule has 0 radical (unpaired) electrons. The lowest BCUT2D eigenvalue weighted by atomic mass is 10.0. The zero-order chi connectivity index (χ0) is 59.1. The molecule has 464 valence electrons. The van der Waals surface area contributed by atoms with Gasteiger partial charge in [0.05, 0.1) is 27.7 Å². The second-order valence-electron chi connectivity index (χ2n) is 22.8. The molecule has 2 unspecified atom stereocenters. The van der Waals surface area contributed by atoms with E-state index in [1.807, 2.05) is 21.1 Å². The fraction of sp³-hybridized carbons (Fsp3) is 0.690. The summed E-state index contributed by atoms with van der Waals surface area (Å²) in [6, 6.07) is 0. The molecule has 81 heavy (non-hydrogen) atoms. The van der Waals surface area contributed by atoms with Gasteiger partial charge >= 0.3 is 11.9 Å². The normalized spacial score (nSPS) is 14.0. The van der Waals surface area contributed by atoms with E-state index in [1.165, 1.54) is 122 Å². The Balaban J connectivity index is 4.20. The molecule has 10 heteroatoms. The number of carbonyl (C=O) groups is 2. The molecule has 0 aromatic carbocycles. The predicted octanol–water partition coefficient (Wildman–Crippen LogP) is 20.5. The van der Waals surface area contributed by atoms with Crippen LogP contribution in [0.25, 0.3) is 0 Å². The first-order valence-electron chi connectivity index (χ1n) is 32.7. The van der Waals surface area contributed by atoms with Crippen LogP contribution in [-0.4, -0.2) is 70.0 Å². The number of nitrogens with zero attached hydrogens (tertiary/aromatic N) is 1. The smallest absolute Gasteiger partial charge is 0.306 e. The van der Waals surface area contributed by atoms with E-state index in [-0.39, 0.29) is 32.0 Å². The van der Waals surface area contributed by atoms with Crippen molar-refractivity contribution in [3.05, 3.63) is 122 Å². The molecule has 0 aliphatic carbocycles. The second-order valence-corrected chi connectivity index (χ2v) is 24.2. The summed E-state index contributed by atoms with van der Waals surface area (Å²) in [5.41, 5.74) is 0. The van der Waals surface area contributed by atoms with Gasteiger partial charge in [0.2, 0.25) is 0 Å². The Bertz CT molecular complexity index is 1780. The predicted molar refractivity (Wildman–Crippen MR) is 346 cm³/mol. The van der Waals surface area contributed by atoms with Gasteiger partial charge in [-0.05, 0) is 89.9 Å². The largest absolute Gasteiger partial charge is 0.756 e. The van der Waals surface area contributed by atoms with E-state index < -0.39 is 26.5 Å². The van der Waals surface area contributed by atoms with Crippen LogP contribution < -0.4 is 4.89 Å². The van der Waals surface area contributed by atoms with Crippen molar-refractivity contribution in [3.63, 3.8) is 0 Å². The number of hydrogen-bond acceptors (Lipinski definition) is 8. The summed E-state index contributed by atoms with van der Waals surface area (Å²) in [7, 11) is 1.14. The van der Waals surface area contributed by atoms with Gasteiger partial charge in [0.15, 0.2) is 6.10 Å². The number of rotatable bonds is 59. The molecule has 0 saturated carbocycles. The first-order valence-corrected chi connectivity index (χ1v) is 34.2. The van der Waals surface area contributed by atoms with Crippen LogP contribution in [-0.2, 0) is 32.7 Å². The summed E-state index contributed by atoms with van der Waals surface area (Å²) < 4.78 is 34.2. The molecule has 0 N–H and O–H groups in total. The highest BCUT2D eigenvalue weighted by Gasteiger charge is 2.22. The quantitative estimate of drug-likeness (QED) is 0.0195. The zero-order valence-electron chi connectivity index (χ0n) is 52.7. The van der Waals surface area contributed by atoms with Gasteiger partial charge in [0, 0.05) is 12.8 Å². The van der Waals surface area contributed by atoms with Crippen molar-refractivity contribution >= 4 is 19.8 Å². The maximum atomic E-state index is 12.8. The van der Waals surface area contributed by atoms with Crippen molar-refractivity contribution in [3.8, 4) is 0 Å². The third kappa shape index (κ3) is 65.4. The van der Waals surface area contributed by atoms with Crippen LogP contribution >= 0.6 is 7.82 Å². The van der Waals surface area contributed by atoms with Gasteiger partial charge < -0.3 is 27.9 Å². The lowest BCUT2D eigenvalue weighted by Crippen LogP contribution is -2.37. The maximum Gasteiger partial charge on any atom is 0.306 e. The number of carbonyl (C=O) groups excluding carboxylic acids is 2. The number of likely N-dealkylation sites (N-methyl/N-ethyl adjacent to an activating group) is 1. The molecule has 0 aliphatic rings. The van der Waals surface area contributed by atoms with Crippen molar-refractivity contribution in [2.24, 2.45) is 0 Å². The van der Waals surface area contributed by atoms with Crippen molar-refractivity contribution in [1.82, 2.24) is 0 Å². The molecule has 0 amide bonds. The third-order valence-corrected chi connectivity index (χ3v) is 14.7. The SMILES string of the molecule is CC/C=C\C/C=C\C/C=C\C/C=C\C/C=C\C/C=C\C/C=C\C/C=C\C/C=C\C/C=C\CCCCCCC(=O)OC(COC(=O)CCCCCCCCCCCCCCCCCCCCCCCC)COP(=O)([O-])OCC[N+](C)(C)C. The highest BCUT2D eigenvalue weighted by molar-refractivity contribution is 7.45. The first kappa shape index (κ1) is 77.4. The minimum atomic E-state index is -4.65. The molecule has 0 aromatic heterocycles. The summed E-state index contributed by atoms with van der Waals surface area (Å²) in [6.45, 7) is 4.11. The lowest BCUT2D eigenvalue weighted by Gasteiger charge is -2.28. The van der Waals surface area contributed by atoms with E-state index in [9.17, 15) is 19.0 Å². The summed E-state index contributed by atoms with van der Waals surface area (Å²) >= 11 is 0. The van der Waals surface area contributed by atoms with E-state index in [2.05, 4.69) is 135 Å².